The van der Waals surface area contributed by atoms with Crippen LogP contribution in [0.25, 0.3) is 0 Å². The van der Waals surface area contributed by atoms with Gasteiger partial charge in [0.2, 0.25) is 11.8 Å². The molecule has 1 aromatic rings. The molecular formula is C16H18FN3O4S. The smallest absolute Gasteiger partial charge is 0.327 e. The number of nitrogens with one attached hydrogen (secondary N) is 1. The maximum atomic E-state index is 13.3. The molecule has 0 bridgehead atoms. The Morgan fingerprint density at radius 3 is 2.72 bits per heavy atom. The minimum Gasteiger partial charge on any atom is -0.480 e. The van der Waals surface area contributed by atoms with E-state index in [1.807, 2.05) is 0 Å². The molecule has 1 aromatic carbocycles. The lowest BCUT2D eigenvalue weighted by Gasteiger charge is -2.43. The Bertz CT molecular complexity index is 757. The van der Waals surface area contributed by atoms with Crippen molar-refractivity contribution in [3.63, 3.8) is 0 Å². The topological polar surface area (TPSA) is 113 Å². The zero-order chi connectivity index (χ0) is 18.5. The number of nitrogens with two attached hydrogens (primary N) is 1. The van der Waals surface area contributed by atoms with Crippen molar-refractivity contribution < 1.29 is 23.9 Å². The van der Waals surface area contributed by atoms with Crippen molar-refractivity contribution in [3.8, 4) is 0 Å². The molecule has 2 fully saturated rings. The molecule has 0 aliphatic carbocycles. The van der Waals surface area contributed by atoms with Crippen LogP contribution in [0.15, 0.2) is 24.3 Å². The second-order valence-electron chi connectivity index (χ2n) is 6.62. The van der Waals surface area contributed by atoms with Crippen LogP contribution in [0.1, 0.15) is 25.5 Å². The van der Waals surface area contributed by atoms with Gasteiger partial charge >= 0.3 is 5.97 Å². The Morgan fingerprint density at radius 2 is 2.12 bits per heavy atom. The summed E-state index contributed by atoms with van der Waals surface area (Å²) in [5.74, 6) is -2.64. The van der Waals surface area contributed by atoms with Gasteiger partial charge in [-0.25, -0.2) is 9.18 Å². The van der Waals surface area contributed by atoms with Gasteiger partial charge < -0.3 is 21.1 Å². The third-order valence-electron chi connectivity index (χ3n) is 4.46. The third-order valence-corrected chi connectivity index (χ3v) is 6.03. The van der Waals surface area contributed by atoms with E-state index in [1.165, 1.54) is 34.9 Å². The van der Waals surface area contributed by atoms with E-state index in [1.54, 1.807) is 13.8 Å². The molecule has 1 unspecified atom stereocenters. The highest BCUT2D eigenvalue weighted by atomic mass is 32.2. The molecule has 2 aliphatic rings. The molecule has 0 radical (unpaired) electrons. The number of carbonyl (C=O) groups is 3. The summed E-state index contributed by atoms with van der Waals surface area (Å²) < 4.78 is 12.6. The summed E-state index contributed by atoms with van der Waals surface area (Å²) in [6.45, 7) is 3.50. The Labute approximate surface area is 147 Å². The first-order valence-corrected chi connectivity index (χ1v) is 8.55. The van der Waals surface area contributed by atoms with Crippen LogP contribution in [-0.4, -0.2) is 50.0 Å². The van der Waals surface area contributed by atoms with E-state index in [4.69, 9.17) is 5.73 Å². The van der Waals surface area contributed by atoms with Crippen LogP contribution in [-0.2, 0) is 14.4 Å². The second-order valence-corrected chi connectivity index (χ2v) is 8.39. The largest absolute Gasteiger partial charge is 0.480 e. The number of hydrogen-bond donors (Lipinski definition) is 3. The SMILES string of the molecule is CC1(C)S[C@@H]2[C@H](NC(=O)C(N)c3cccc(F)c3)C(=O)N2[C@H]1C(=O)O. The number of thioether (sulfide) groups is 1. The number of aliphatic carboxylic acids is 1. The minimum absolute atomic E-state index is 0.295. The third kappa shape index (κ3) is 2.87. The first-order valence-electron chi connectivity index (χ1n) is 7.67. The van der Waals surface area contributed by atoms with Crippen LogP contribution in [0.5, 0.6) is 0 Å². The Kier molecular flexibility index (Phi) is 4.24. The van der Waals surface area contributed by atoms with E-state index in [0.29, 0.717) is 5.56 Å². The fourth-order valence-electron chi connectivity index (χ4n) is 3.24. The van der Waals surface area contributed by atoms with Gasteiger partial charge in [-0.1, -0.05) is 12.1 Å². The molecule has 4 atom stereocenters. The molecule has 0 spiro atoms. The van der Waals surface area contributed by atoms with E-state index in [2.05, 4.69) is 5.32 Å². The van der Waals surface area contributed by atoms with E-state index in [9.17, 15) is 23.9 Å². The molecule has 9 heteroatoms. The van der Waals surface area contributed by atoms with Crippen molar-refractivity contribution in [2.24, 2.45) is 5.73 Å². The number of β-lactam (4-membered cyclic amide) rings is 1. The van der Waals surface area contributed by atoms with Crippen LogP contribution < -0.4 is 11.1 Å². The number of hydrogen-bond acceptors (Lipinski definition) is 5. The summed E-state index contributed by atoms with van der Waals surface area (Å²) in [6, 6.07) is 2.47. The van der Waals surface area contributed by atoms with Gasteiger partial charge in [-0.3, -0.25) is 9.59 Å². The van der Waals surface area contributed by atoms with Crippen molar-refractivity contribution in [2.45, 2.75) is 42.1 Å². The van der Waals surface area contributed by atoms with Crippen LogP contribution in [0.4, 0.5) is 4.39 Å². The number of carboxylic acids is 1. The van der Waals surface area contributed by atoms with Gasteiger partial charge in [0.05, 0.1) is 0 Å². The normalized spacial score (nSPS) is 28.1. The lowest BCUT2D eigenvalue weighted by molar-refractivity contribution is -0.161. The molecule has 2 aliphatic heterocycles. The molecular weight excluding hydrogens is 349 g/mol. The molecule has 25 heavy (non-hydrogen) atoms. The average molecular weight is 367 g/mol. The van der Waals surface area contributed by atoms with Crippen LogP contribution in [0.2, 0.25) is 0 Å². The summed E-state index contributed by atoms with van der Waals surface area (Å²) >= 11 is 1.33. The number of carboxylic acid groups (broad SMARTS) is 1. The highest BCUT2D eigenvalue weighted by Crippen LogP contribution is 2.50. The quantitative estimate of drug-likeness (QED) is 0.667. The molecule has 2 heterocycles. The van der Waals surface area contributed by atoms with E-state index in [-0.39, 0.29) is 0 Å². The van der Waals surface area contributed by atoms with E-state index < -0.39 is 51.8 Å². The summed E-state index contributed by atoms with van der Waals surface area (Å²) in [4.78, 5) is 37.4. The van der Waals surface area contributed by atoms with E-state index in [0.717, 1.165) is 6.07 Å². The lowest BCUT2D eigenvalue weighted by atomic mass is 9.95. The van der Waals surface area contributed by atoms with Gasteiger partial charge in [0.25, 0.3) is 0 Å². The first-order chi connectivity index (χ1) is 11.6. The Morgan fingerprint density at radius 1 is 1.44 bits per heavy atom. The van der Waals surface area contributed by atoms with Gasteiger partial charge in [-0.2, -0.15) is 0 Å². The number of benzene rings is 1. The maximum Gasteiger partial charge on any atom is 0.327 e. The first kappa shape index (κ1) is 17.7. The molecule has 4 N–H and O–H groups in total. The van der Waals surface area contributed by atoms with Gasteiger partial charge in [0, 0.05) is 4.75 Å². The average Bonchev–Trinajstić information content (AvgIpc) is 2.80. The summed E-state index contributed by atoms with van der Waals surface area (Å²) in [5, 5.41) is 11.5. The molecule has 0 aromatic heterocycles. The van der Waals surface area contributed by atoms with Crippen molar-refractivity contribution >= 4 is 29.5 Å². The molecule has 7 nitrogen and oxygen atoms in total. The summed E-state index contributed by atoms with van der Waals surface area (Å²) in [5.41, 5.74) is 6.14. The summed E-state index contributed by atoms with van der Waals surface area (Å²) in [6.07, 6.45) is 0. The lowest BCUT2D eigenvalue weighted by Crippen LogP contribution is -2.71. The molecule has 0 saturated carbocycles. The number of rotatable bonds is 4. The monoisotopic (exact) mass is 367 g/mol. The fraction of sp³-hybridized carbons (Fsp3) is 0.438. The van der Waals surface area contributed by atoms with Crippen molar-refractivity contribution in [2.75, 3.05) is 0 Å². The predicted molar refractivity (Wildman–Crippen MR) is 89.0 cm³/mol. The number of fused-ring (bicyclic) bond motifs is 1. The summed E-state index contributed by atoms with van der Waals surface area (Å²) in [7, 11) is 0. The second kappa shape index (κ2) is 5.99. The molecule has 2 amide bonds. The highest BCUT2D eigenvalue weighted by Gasteiger charge is 2.64. The van der Waals surface area contributed by atoms with Crippen molar-refractivity contribution in [1.82, 2.24) is 10.2 Å². The molecule has 134 valence electrons. The fourth-order valence-corrected chi connectivity index (χ4v) is 4.87. The van der Waals surface area contributed by atoms with Crippen molar-refractivity contribution in [1.29, 1.82) is 0 Å². The minimum atomic E-state index is -1.12. The van der Waals surface area contributed by atoms with Crippen molar-refractivity contribution in [3.05, 3.63) is 35.6 Å². The highest BCUT2D eigenvalue weighted by molar-refractivity contribution is 8.01. The maximum absolute atomic E-state index is 13.3. The zero-order valence-corrected chi connectivity index (χ0v) is 14.4. The van der Waals surface area contributed by atoms with Gasteiger partial charge in [-0.15, -0.1) is 11.8 Å². The number of carbonyl (C=O) groups excluding carboxylic acids is 2. The number of amides is 2. The number of halogens is 1. The van der Waals surface area contributed by atoms with Gasteiger partial charge in [0.15, 0.2) is 0 Å². The molecule has 2 saturated heterocycles. The predicted octanol–water partition coefficient (Wildman–Crippen LogP) is 0.457. The Balaban J connectivity index is 1.72. The number of nitrogens with zero attached hydrogens (tertiary/aromatic N) is 1. The zero-order valence-electron chi connectivity index (χ0n) is 13.6. The van der Waals surface area contributed by atoms with Gasteiger partial charge in [0.1, 0.15) is 29.3 Å². The van der Waals surface area contributed by atoms with Crippen LogP contribution in [0, 0.1) is 5.82 Å². The standard InChI is InChI=1S/C16H18FN3O4S/c1-16(2)11(15(23)24)20-13(22)10(14(20)25-16)19-12(21)9(18)7-4-3-5-8(17)6-7/h3-6,9-11,14H,18H2,1-2H3,(H,19,21)(H,23,24)/t9?,10-,11+,14-/m1/s1. The van der Waals surface area contributed by atoms with Crippen LogP contribution in [0.3, 0.4) is 0 Å². The van der Waals surface area contributed by atoms with E-state index >= 15 is 0 Å². The Hall–Kier alpha value is -2.13. The van der Waals surface area contributed by atoms with Crippen LogP contribution >= 0.6 is 11.8 Å². The molecule has 3 rings (SSSR count). The van der Waals surface area contributed by atoms with Gasteiger partial charge in [-0.05, 0) is 31.5 Å².